The first-order chi connectivity index (χ1) is 46.7. The van der Waals surface area contributed by atoms with Gasteiger partial charge in [0.1, 0.15) is 23.0 Å². The molecule has 0 fully saturated rings. The zero-order valence-electron chi connectivity index (χ0n) is 54.0. The Balaban J connectivity index is 0.000000152. The predicted molar refractivity (Wildman–Crippen MR) is 383 cm³/mol. The molecule has 12 rings (SSSR count). The molecule has 4 amide bonds. The summed E-state index contributed by atoms with van der Waals surface area (Å²) in [5, 5.41) is 44.2. The Morgan fingerprint density at radius 1 is 0.381 bits per heavy atom. The molecule has 0 bridgehead atoms. The van der Waals surface area contributed by atoms with E-state index in [1.54, 1.807) is 114 Å². The second-order valence-electron chi connectivity index (χ2n) is 23.0. The van der Waals surface area contributed by atoms with Crippen molar-refractivity contribution in [2.75, 3.05) is 0 Å². The van der Waals surface area contributed by atoms with E-state index in [-0.39, 0.29) is 72.3 Å². The van der Waals surface area contributed by atoms with E-state index in [4.69, 9.17) is 22.9 Å². The number of nitrogens with two attached hydrogens (primary N) is 4. The highest BCUT2D eigenvalue weighted by molar-refractivity contribution is 7.15. The molecular weight excluding hydrogens is 1230 g/mol. The van der Waals surface area contributed by atoms with E-state index < -0.39 is 0 Å². The molecule has 4 heterocycles. The molecule has 0 aliphatic carbocycles. The molecule has 4 aromatic heterocycles. The van der Waals surface area contributed by atoms with Crippen molar-refractivity contribution in [1.82, 2.24) is 24.7 Å². The van der Waals surface area contributed by atoms with Gasteiger partial charge in [-0.05, 0) is 219 Å². The van der Waals surface area contributed by atoms with Gasteiger partial charge in [0, 0.05) is 69.3 Å². The van der Waals surface area contributed by atoms with E-state index in [1.807, 2.05) is 124 Å². The molecular formula is C79H75N9O8S. The van der Waals surface area contributed by atoms with Crippen LogP contribution in [-0.2, 0) is 51.9 Å². The standard InChI is InChI=1S/C20H20N2O2S.2C20H18N2O2.C19H19N3O2/c1-12-20(25-13(2)22-12)16-6-8-18(14-4-3-5-17(23)11-14)15(10-16)7-9-19(21)24;21-20(24)9-7-16-11-14(17-4-2-10-22-13-17)6-8-19(16)15-3-1-5-18(23)12-15;21-20(24)7-5-17-12-15(14-8-10-22-11-9-14)4-6-19(17)16-2-1-3-18(23)13-16;1-22-18(9-10-21-22)15-5-7-17(13-3-2-4-16(23)12-13)14(11-15)6-8-19(20)24/h3-6,8,10-11,23H,7,9H2,1-2H3,(H2,21,24);1-6,8,10-13,23H,7,9H2,(H2,21,24);1-4,6,8-13,23H,5,7H2,(H2,21,24);2-5,7,9-12,23H,6,8H2,1H3,(H2,20,24). The van der Waals surface area contributed by atoms with Gasteiger partial charge in [0.05, 0.1) is 21.3 Å². The van der Waals surface area contributed by atoms with Crippen molar-refractivity contribution >= 4 is 35.0 Å². The average Bonchev–Trinajstić information content (AvgIpc) is 1.76. The van der Waals surface area contributed by atoms with E-state index in [0.717, 1.165) is 121 Å². The number of aryl methyl sites for hydroxylation is 7. The predicted octanol–water partition coefficient (Wildman–Crippen LogP) is 14.2. The quantitative estimate of drug-likeness (QED) is 0.0353. The maximum atomic E-state index is 11.3. The second kappa shape index (κ2) is 33.2. The lowest BCUT2D eigenvalue weighted by molar-refractivity contribution is -0.118. The number of hydrogen-bond donors (Lipinski definition) is 8. The number of phenols is 4. The molecule has 0 unspecified atom stereocenters. The average molecular weight is 1310 g/mol. The van der Waals surface area contributed by atoms with Crippen LogP contribution >= 0.6 is 11.3 Å². The van der Waals surface area contributed by atoms with Crippen molar-refractivity contribution in [3.8, 4) is 111 Å². The van der Waals surface area contributed by atoms with Gasteiger partial charge in [-0.3, -0.25) is 33.8 Å². The summed E-state index contributed by atoms with van der Waals surface area (Å²) in [5.74, 6) is -0.452. The molecule has 490 valence electrons. The molecule has 0 aliphatic rings. The van der Waals surface area contributed by atoms with E-state index in [9.17, 15) is 39.6 Å². The Bertz CT molecular complexity index is 4580. The molecule has 0 spiro atoms. The number of nitrogens with zero attached hydrogens (tertiary/aromatic N) is 5. The number of carbonyl (C=O) groups excluding carboxylic acids is 4. The van der Waals surface area contributed by atoms with Crippen LogP contribution in [0.4, 0.5) is 0 Å². The Morgan fingerprint density at radius 2 is 0.753 bits per heavy atom. The summed E-state index contributed by atoms with van der Waals surface area (Å²) in [5.41, 5.74) is 41.3. The minimum absolute atomic E-state index is 0.212. The Hall–Kier alpha value is -12.0. The lowest BCUT2D eigenvalue weighted by Crippen LogP contribution is -2.11. The van der Waals surface area contributed by atoms with Crippen molar-refractivity contribution in [1.29, 1.82) is 0 Å². The minimum atomic E-state index is -0.331. The van der Waals surface area contributed by atoms with Crippen LogP contribution in [0.25, 0.3) is 88.5 Å². The minimum Gasteiger partial charge on any atom is -0.508 e. The molecule has 0 aliphatic heterocycles. The van der Waals surface area contributed by atoms with Crippen molar-refractivity contribution in [3.63, 3.8) is 0 Å². The number of phenolic OH excluding ortho intramolecular Hbond substituents is 4. The lowest BCUT2D eigenvalue weighted by Gasteiger charge is -2.12. The van der Waals surface area contributed by atoms with Crippen LogP contribution < -0.4 is 22.9 Å². The van der Waals surface area contributed by atoms with Gasteiger partial charge in [0.15, 0.2) is 0 Å². The highest BCUT2D eigenvalue weighted by Crippen LogP contribution is 2.38. The number of amides is 4. The molecule has 0 radical (unpaired) electrons. The lowest BCUT2D eigenvalue weighted by atomic mass is 9.92. The first-order valence-electron chi connectivity index (χ1n) is 31.3. The third kappa shape index (κ3) is 19.5. The number of primary amides is 4. The molecule has 8 aromatic carbocycles. The van der Waals surface area contributed by atoms with Gasteiger partial charge in [-0.2, -0.15) is 5.10 Å². The second-order valence-corrected chi connectivity index (χ2v) is 24.2. The summed E-state index contributed by atoms with van der Waals surface area (Å²) in [4.78, 5) is 58.7. The molecule has 0 saturated carbocycles. The molecule has 18 heteroatoms. The number of thiazole rings is 1. The third-order valence-electron chi connectivity index (χ3n) is 15.9. The summed E-state index contributed by atoms with van der Waals surface area (Å²) in [7, 11) is 1.89. The molecule has 0 atom stereocenters. The molecule has 12 aromatic rings. The number of pyridine rings is 2. The number of aromatic nitrogens is 5. The molecule has 0 saturated heterocycles. The van der Waals surface area contributed by atoms with Gasteiger partial charge in [-0.1, -0.05) is 115 Å². The van der Waals surface area contributed by atoms with Crippen molar-refractivity contribution < 1.29 is 39.6 Å². The van der Waals surface area contributed by atoms with Crippen LogP contribution in [0.3, 0.4) is 0 Å². The Labute approximate surface area is 567 Å². The Kier molecular flexibility index (Phi) is 23.7. The van der Waals surface area contributed by atoms with Gasteiger partial charge in [0.2, 0.25) is 23.6 Å². The van der Waals surface area contributed by atoms with Crippen LogP contribution in [0.15, 0.2) is 231 Å². The monoisotopic (exact) mass is 1310 g/mol. The van der Waals surface area contributed by atoms with Crippen LogP contribution in [-0.4, -0.2) is 68.8 Å². The maximum Gasteiger partial charge on any atom is 0.217 e. The van der Waals surface area contributed by atoms with E-state index >= 15 is 0 Å². The smallest absolute Gasteiger partial charge is 0.217 e. The highest BCUT2D eigenvalue weighted by Gasteiger charge is 2.17. The van der Waals surface area contributed by atoms with Crippen LogP contribution in [0.1, 0.15) is 58.6 Å². The van der Waals surface area contributed by atoms with Crippen molar-refractivity contribution in [3.05, 3.63) is 264 Å². The fourth-order valence-corrected chi connectivity index (χ4v) is 12.2. The number of hydrogen-bond acceptors (Lipinski definition) is 13. The van der Waals surface area contributed by atoms with Crippen LogP contribution in [0.5, 0.6) is 23.0 Å². The van der Waals surface area contributed by atoms with Gasteiger partial charge >= 0.3 is 0 Å². The van der Waals surface area contributed by atoms with Crippen molar-refractivity contribution in [2.24, 2.45) is 30.0 Å². The summed E-state index contributed by atoms with van der Waals surface area (Å²) in [6.45, 7) is 4.00. The SMILES string of the molecule is Cc1nc(C)c(-c2ccc(-c3cccc(O)c3)c(CCC(N)=O)c2)s1.Cn1nccc1-c1ccc(-c2cccc(O)c2)c(CCC(N)=O)c1.NC(=O)CCc1cc(-c2cccnc2)ccc1-c1cccc(O)c1.NC(=O)CCc1cc(-c2ccncc2)ccc1-c1cccc(O)c1. The van der Waals surface area contributed by atoms with E-state index in [0.29, 0.717) is 25.7 Å². The zero-order valence-corrected chi connectivity index (χ0v) is 54.8. The first kappa shape index (κ1) is 69.3. The van der Waals surface area contributed by atoms with E-state index in [1.165, 1.54) is 0 Å². The maximum absolute atomic E-state index is 11.3. The Morgan fingerprint density at radius 3 is 1.10 bits per heavy atom. The van der Waals surface area contributed by atoms with Gasteiger partial charge < -0.3 is 43.4 Å². The topological polar surface area (TPSA) is 310 Å². The van der Waals surface area contributed by atoms with Crippen LogP contribution in [0, 0.1) is 13.8 Å². The highest BCUT2D eigenvalue weighted by atomic mass is 32.1. The van der Waals surface area contributed by atoms with Gasteiger partial charge in [-0.25, -0.2) is 4.98 Å². The summed E-state index contributed by atoms with van der Waals surface area (Å²) in [6.07, 6.45) is 12.1. The molecule has 17 nitrogen and oxygen atoms in total. The fraction of sp³-hybridized carbons (Fsp3) is 0.139. The molecule has 12 N–H and O–H groups in total. The zero-order chi connectivity index (χ0) is 69.0. The van der Waals surface area contributed by atoms with Crippen molar-refractivity contribution in [2.45, 2.75) is 65.2 Å². The van der Waals surface area contributed by atoms with Gasteiger partial charge in [0.25, 0.3) is 0 Å². The fourth-order valence-electron chi connectivity index (χ4n) is 11.2. The number of rotatable bonds is 20. The van der Waals surface area contributed by atoms with Gasteiger partial charge in [-0.15, -0.1) is 11.3 Å². The number of aromatic hydroxyl groups is 4. The largest absolute Gasteiger partial charge is 0.508 e. The number of carbonyl (C=O) groups is 4. The van der Waals surface area contributed by atoms with Crippen LogP contribution in [0.2, 0.25) is 0 Å². The normalized spacial score (nSPS) is 10.6. The molecule has 97 heavy (non-hydrogen) atoms. The summed E-state index contributed by atoms with van der Waals surface area (Å²) >= 11 is 1.66. The third-order valence-corrected chi connectivity index (χ3v) is 17.0. The number of benzene rings is 8. The van der Waals surface area contributed by atoms with E-state index in [2.05, 4.69) is 50.4 Å². The summed E-state index contributed by atoms with van der Waals surface area (Å²) < 4.78 is 1.81. The summed E-state index contributed by atoms with van der Waals surface area (Å²) in [6, 6.07) is 62.6. The first-order valence-corrected chi connectivity index (χ1v) is 32.1.